The quantitative estimate of drug-likeness (QED) is 0.545. The lowest BCUT2D eigenvalue weighted by Crippen LogP contribution is -2.34. The highest BCUT2D eigenvalue weighted by Crippen LogP contribution is 2.45. The molecule has 3 heteroatoms. The Morgan fingerprint density at radius 2 is 2.40 bits per heavy atom. The zero-order valence-corrected chi connectivity index (χ0v) is 6.09. The fraction of sp³-hybridized carbons (Fsp3) is 0.857. The molecule has 1 aliphatic carbocycles. The van der Waals surface area contributed by atoms with Gasteiger partial charge in [0.05, 0.1) is 5.54 Å². The van der Waals surface area contributed by atoms with E-state index in [4.69, 9.17) is 4.74 Å². The van der Waals surface area contributed by atoms with E-state index in [0.29, 0.717) is 6.61 Å². The minimum absolute atomic E-state index is 0.125. The lowest BCUT2D eigenvalue weighted by atomic mass is 10.3. The normalized spacial score (nSPS) is 27.3. The first-order valence-corrected chi connectivity index (χ1v) is 3.73. The van der Waals surface area contributed by atoms with Crippen LogP contribution < -0.4 is 0 Å². The average Bonchev–Trinajstić information content (AvgIpc) is 2.60. The van der Waals surface area contributed by atoms with E-state index in [2.05, 4.69) is 0 Å². The number of rotatable bonds is 1. The molecule has 3 nitrogen and oxygen atoms in total. The molecule has 2 aliphatic rings. The average molecular weight is 141 g/mol. The maximum atomic E-state index is 11.0. The second-order valence-electron chi connectivity index (χ2n) is 3.02. The summed E-state index contributed by atoms with van der Waals surface area (Å²) in [4.78, 5) is 12.8. The molecule has 0 radical (unpaired) electrons. The summed E-state index contributed by atoms with van der Waals surface area (Å²) in [6, 6.07) is 0. The number of hydrogen-bond acceptors (Lipinski definition) is 2. The van der Waals surface area contributed by atoms with Crippen LogP contribution in [0.1, 0.15) is 19.8 Å². The Kier molecular flexibility index (Phi) is 0.993. The Balaban J connectivity index is 2.17. The predicted molar refractivity (Wildman–Crippen MR) is 35.7 cm³/mol. The van der Waals surface area contributed by atoms with E-state index in [1.54, 1.807) is 0 Å². The predicted octanol–water partition coefficient (Wildman–Crippen LogP) is 0.991. The zero-order valence-electron chi connectivity index (χ0n) is 6.09. The fourth-order valence-electron chi connectivity index (χ4n) is 1.57. The molecule has 0 unspecified atom stereocenters. The van der Waals surface area contributed by atoms with Gasteiger partial charge in [-0.2, -0.15) is 0 Å². The van der Waals surface area contributed by atoms with Gasteiger partial charge in [-0.15, -0.1) is 0 Å². The summed E-state index contributed by atoms with van der Waals surface area (Å²) in [5.74, 6) is 0. The molecule has 2 rings (SSSR count). The lowest BCUT2D eigenvalue weighted by Gasteiger charge is -2.17. The van der Waals surface area contributed by atoms with Crippen molar-refractivity contribution in [3.05, 3.63) is 0 Å². The third-order valence-corrected chi connectivity index (χ3v) is 2.40. The second-order valence-corrected chi connectivity index (χ2v) is 3.02. The highest BCUT2D eigenvalue weighted by Gasteiger charge is 2.55. The lowest BCUT2D eigenvalue weighted by molar-refractivity contribution is 0.159. The van der Waals surface area contributed by atoms with Gasteiger partial charge in [0.15, 0.2) is 0 Å². The van der Waals surface area contributed by atoms with E-state index < -0.39 is 0 Å². The number of amides is 1. The molecule has 0 atom stereocenters. The van der Waals surface area contributed by atoms with Crippen molar-refractivity contribution in [1.82, 2.24) is 4.90 Å². The van der Waals surface area contributed by atoms with Crippen LogP contribution in [0, 0.1) is 0 Å². The number of carbonyl (C=O) groups excluding carboxylic acids is 1. The largest absolute Gasteiger partial charge is 0.447 e. The number of cyclic esters (lactones) is 1. The van der Waals surface area contributed by atoms with Crippen molar-refractivity contribution in [3.8, 4) is 0 Å². The highest BCUT2D eigenvalue weighted by atomic mass is 16.6. The van der Waals surface area contributed by atoms with E-state index in [1.165, 1.54) is 0 Å². The van der Waals surface area contributed by atoms with Gasteiger partial charge in [-0.1, -0.05) is 0 Å². The zero-order chi connectivity index (χ0) is 7.19. The van der Waals surface area contributed by atoms with Crippen LogP contribution in [0.25, 0.3) is 0 Å². The third kappa shape index (κ3) is 0.576. The summed E-state index contributed by atoms with van der Waals surface area (Å²) >= 11 is 0. The Bertz CT molecular complexity index is 174. The van der Waals surface area contributed by atoms with Gasteiger partial charge in [-0.3, -0.25) is 4.90 Å². The maximum Gasteiger partial charge on any atom is 0.410 e. The van der Waals surface area contributed by atoms with Crippen LogP contribution >= 0.6 is 0 Å². The molecule has 1 saturated heterocycles. The van der Waals surface area contributed by atoms with Gasteiger partial charge in [-0.05, 0) is 19.8 Å². The van der Waals surface area contributed by atoms with Gasteiger partial charge in [0, 0.05) is 6.54 Å². The Labute approximate surface area is 60.0 Å². The van der Waals surface area contributed by atoms with Gasteiger partial charge in [0.1, 0.15) is 6.61 Å². The van der Waals surface area contributed by atoms with E-state index in [-0.39, 0.29) is 11.6 Å². The molecule has 2 fully saturated rings. The molecule has 1 saturated carbocycles. The number of likely N-dealkylation sites (N-methyl/N-ethyl adjacent to an activating group) is 1. The molecule has 56 valence electrons. The van der Waals surface area contributed by atoms with Gasteiger partial charge in [0.2, 0.25) is 0 Å². The summed E-state index contributed by atoms with van der Waals surface area (Å²) in [7, 11) is 0. The first kappa shape index (κ1) is 6.01. The number of hydrogen-bond donors (Lipinski definition) is 0. The molecule has 1 aliphatic heterocycles. The van der Waals surface area contributed by atoms with Gasteiger partial charge < -0.3 is 4.74 Å². The molecule has 1 amide bonds. The number of carbonyl (C=O) groups is 1. The Morgan fingerprint density at radius 1 is 1.70 bits per heavy atom. The van der Waals surface area contributed by atoms with Crippen molar-refractivity contribution in [2.45, 2.75) is 25.3 Å². The van der Waals surface area contributed by atoms with E-state index in [9.17, 15) is 4.79 Å². The maximum absolute atomic E-state index is 11.0. The monoisotopic (exact) mass is 141 g/mol. The standard InChI is InChI=1S/C7H11NO2/c1-2-8-6(9)10-5-7(8)3-4-7/h2-5H2,1H3. The third-order valence-electron chi connectivity index (χ3n) is 2.40. The molecule has 0 aromatic heterocycles. The van der Waals surface area contributed by atoms with E-state index in [0.717, 1.165) is 19.4 Å². The molecule has 1 heterocycles. The molecule has 0 aromatic carbocycles. The molecule has 10 heavy (non-hydrogen) atoms. The van der Waals surface area contributed by atoms with Crippen LogP contribution in [0.2, 0.25) is 0 Å². The fourth-order valence-corrected chi connectivity index (χ4v) is 1.57. The second kappa shape index (κ2) is 1.65. The van der Waals surface area contributed by atoms with Crippen molar-refractivity contribution in [2.75, 3.05) is 13.2 Å². The molecule has 0 aromatic rings. The van der Waals surface area contributed by atoms with Gasteiger partial charge >= 0.3 is 6.09 Å². The minimum atomic E-state index is -0.125. The van der Waals surface area contributed by atoms with Crippen LogP contribution in [0.15, 0.2) is 0 Å². The van der Waals surface area contributed by atoms with Crippen molar-refractivity contribution in [1.29, 1.82) is 0 Å². The molecular formula is C7H11NO2. The van der Waals surface area contributed by atoms with Crippen molar-refractivity contribution in [3.63, 3.8) is 0 Å². The first-order chi connectivity index (χ1) is 4.78. The highest BCUT2D eigenvalue weighted by molar-refractivity contribution is 5.72. The van der Waals surface area contributed by atoms with Crippen LogP contribution in [-0.4, -0.2) is 29.7 Å². The van der Waals surface area contributed by atoms with Crippen molar-refractivity contribution < 1.29 is 9.53 Å². The van der Waals surface area contributed by atoms with Crippen LogP contribution in [0.4, 0.5) is 4.79 Å². The Hall–Kier alpha value is -0.730. The van der Waals surface area contributed by atoms with Crippen molar-refractivity contribution in [2.24, 2.45) is 0 Å². The summed E-state index contributed by atoms with van der Waals surface area (Å²) in [6.07, 6.45) is 2.14. The summed E-state index contributed by atoms with van der Waals surface area (Å²) < 4.78 is 4.92. The first-order valence-electron chi connectivity index (χ1n) is 3.73. The van der Waals surface area contributed by atoms with Gasteiger partial charge in [0.25, 0.3) is 0 Å². The van der Waals surface area contributed by atoms with Crippen LogP contribution in [0.5, 0.6) is 0 Å². The molecular weight excluding hydrogens is 130 g/mol. The van der Waals surface area contributed by atoms with E-state index in [1.807, 2.05) is 11.8 Å². The Morgan fingerprint density at radius 3 is 2.80 bits per heavy atom. The van der Waals surface area contributed by atoms with E-state index >= 15 is 0 Å². The topological polar surface area (TPSA) is 29.5 Å². The molecule has 1 spiro atoms. The summed E-state index contributed by atoms with van der Waals surface area (Å²) in [5, 5.41) is 0. The molecule has 0 N–H and O–H groups in total. The number of ether oxygens (including phenoxy) is 1. The van der Waals surface area contributed by atoms with Crippen LogP contribution in [0.3, 0.4) is 0 Å². The summed E-state index contributed by atoms with van der Waals surface area (Å²) in [6.45, 7) is 3.41. The molecule has 0 bridgehead atoms. The number of nitrogens with zero attached hydrogens (tertiary/aromatic N) is 1. The van der Waals surface area contributed by atoms with Crippen molar-refractivity contribution >= 4 is 6.09 Å². The van der Waals surface area contributed by atoms with Crippen LogP contribution in [-0.2, 0) is 4.74 Å². The smallest absolute Gasteiger partial charge is 0.410 e. The SMILES string of the molecule is CCN1C(=O)OCC12CC2. The minimum Gasteiger partial charge on any atom is -0.447 e. The van der Waals surface area contributed by atoms with Gasteiger partial charge in [-0.25, -0.2) is 4.79 Å². The summed E-state index contributed by atoms with van der Waals surface area (Å²) in [5.41, 5.74) is 0.145.